The Hall–Kier alpha value is -1.11. The highest BCUT2D eigenvalue weighted by molar-refractivity contribution is 9.10. The second-order valence-electron chi connectivity index (χ2n) is 4.57. The molecule has 0 aliphatic carbocycles. The van der Waals surface area contributed by atoms with Gasteiger partial charge in [0.25, 0.3) is 0 Å². The summed E-state index contributed by atoms with van der Waals surface area (Å²) in [6.45, 7) is 6.86. The summed E-state index contributed by atoms with van der Waals surface area (Å²) in [5.41, 5.74) is 4.93. The van der Waals surface area contributed by atoms with E-state index in [1.54, 1.807) is 6.20 Å². The van der Waals surface area contributed by atoms with E-state index in [1.165, 1.54) is 0 Å². The summed E-state index contributed by atoms with van der Waals surface area (Å²) in [6, 6.07) is 1.87. The molecule has 2 heterocycles. The topological polar surface area (TPSA) is 69.0 Å². The molecule has 0 amide bonds. The molecule has 0 radical (unpaired) electrons. The number of hydrazine groups is 1. The molecular formula is C13H19BrN4O. The van der Waals surface area contributed by atoms with Gasteiger partial charge in [-0.3, -0.25) is 10.5 Å². The molecule has 2 rings (SSSR count). The van der Waals surface area contributed by atoms with Crippen molar-refractivity contribution in [1.29, 1.82) is 0 Å². The lowest BCUT2D eigenvalue weighted by atomic mass is 10.0. The van der Waals surface area contributed by atoms with Crippen LogP contribution in [0.5, 0.6) is 0 Å². The largest absolute Gasteiger partial charge is 0.466 e. The van der Waals surface area contributed by atoms with Crippen LogP contribution in [-0.2, 0) is 6.54 Å². The van der Waals surface area contributed by atoms with E-state index in [2.05, 4.69) is 33.4 Å². The molecule has 1 unspecified atom stereocenters. The minimum atomic E-state index is -0.138. The van der Waals surface area contributed by atoms with E-state index in [1.807, 2.05) is 24.6 Å². The molecule has 0 aliphatic rings. The molecule has 0 aromatic carbocycles. The number of nitrogens with zero attached hydrogens (tertiary/aromatic N) is 2. The Balaban J connectivity index is 2.47. The number of rotatable bonds is 5. The van der Waals surface area contributed by atoms with E-state index in [4.69, 9.17) is 10.3 Å². The number of halogens is 1. The fourth-order valence-corrected chi connectivity index (χ4v) is 2.83. The predicted octanol–water partition coefficient (Wildman–Crippen LogP) is 2.82. The van der Waals surface area contributed by atoms with Gasteiger partial charge in [-0.25, -0.2) is 5.43 Å². The molecule has 19 heavy (non-hydrogen) atoms. The molecule has 0 bridgehead atoms. The van der Waals surface area contributed by atoms with Crippen LogP contribution >= 0.6 is 15.9 Å². The second kappa shape index (κ2) is 5.90. The van der Waals surface area contributed by atoms with Gasteiger partial charge >= 0.3 is 0 Å². The first-order valence-electron chi connectivity index (χ1n) is 6.32. The van der Waals surface area contributed by atoms with E-state index >= 15 is 0 Å². The molecule has 0 saturated heterocycles. The van der Waals surface area contributed by atoms with Crippen LogP contribution in [0.25, 0.3) is 0 Å². The summed E-state index contributed by atoms with van der Waals surface area (Å²) in [7, 11) is 0. The fourth-order valence-electron chi connectivity index (χ4n) is 2.30. The zero-order valence-corrected chi connectivity index (χ0v) is 13.0. The molecule has 0 saturated carbocycles. The van der Waals surface area contributed by atoms with Gasteiger partial charge in [-0.2, -0.15) is 5.10 Å². The molecule has 0 spiro atoms. The summed E-state index contributed by atoms with van der Waals surface area (Å²) in [5.74, 6) is 7.51. The first-order valence-corrected chi connectivity index (χ1v) is 7.12. The second-order valence-corrected chi connectivity index (χ2v) is 5.42. The molecule has 6 heteroatoms. The number of hydrogen-bond donors (Lipinski definition) is 2. The van der Waals surface area contributed by atoms with Crippen LogP contribution in [-0.4, -0.2) is 9.78 Å². The number of hydrogen-bond acceptors (Lipinski definition) is 4. The zero-order valence-electron chi connectivity index (χ0n) is 11.4. The standard InChI is InChI=1S/C13H19BrN4O/c1-4-5-18-13(11(14)7-16-18)12(17-15)10-6-8(2)19-9(10)3/h6-7,12,17H,4-5,15H2,1-3H3. The third-order valence-electron chi connectivity index (χ3n) is 3.10. The van der Waals surface area contributed by atoms with Crippen LogP contribution in [0.4, 0.5) is 0 Å². The van der Waals surface area contributed by atoms with Crippen molar-refractivity contribution < 1.29 is 4.42 Å². The van der Waals surface area contributed by atoms with Gasteiger partial charge in [0.2, 0.25) is 0 Å². The van der Waals surface area contributed by atoms with Gasteiger partial charge in [0.15, 0.2) is 0 Å². The van der Waals surface area contributed by atoms with Crippen molar-refractivity contribution in [3.63, 3.8) is 0 Å². The Morgan fingerprint density at radius 2 is 2.26 bits per heavy atom. The van der Waals surface area contributed by atoms with E-state index < -0.39 is 0 Å². The summed E-state index contributed by atoms with van der Waals surface area (Å²) < 4.78 is 8.51. The Labute approximate surface area is 121 Å². The number of furan rings is 1. The molecule has 0 aliphatic heterocycles. The molecule has 104 valence electrons. The number of nitrogens with one attached hydrogen (secondary N) is 1. The highest BCUT2D eigenvalue weighted by Gasteiger charge is 2.24. The maximum absolute atomic E-state index is 5.75. The number of aromatic nitrogens is 2. The Morgan fingerprint density at radius 3 is 2.79 bits per heavy atom. The van der Waals surface area contributed by atoms with Crippen molar-refractivity contribution in [3.05, 3.63) is 39.5 Å². The monoisotopic (exact) mass is 326 g/mol. The number of nitrogens with two attached hydrogens (primary N) is 1. The first-order chi connectivity index (χ1) is 9.08. The van der Waals surface area contributed by atoms with Crippen LogP contribution in [0.2, 0.25) is 0 Å². The van der Waals surface area contributed by atoms with E-state index in [9.17, 15) is 0 Å². The summed E-state index contributed by atoms with van der Waals surface area (Å²) in [5, 5.41) is 4.38. The molecule has 5 nitrogen and oxygen atoms in total. The van der Waals surface area contributed by atoms with Crippen molar-refractivity contribution in [3.8, 4) is 0 Å². The summed E-state index contributed by atoms with van der Waals surface area (Å²) in [6.07, 6.45) is 2.82. The highest BCUT2D eigenvalue weighted by Crippen LogP contribution is 2.31. The van der Waals surface area contributed by atoms with E-state index in [0.29, 0.717) is 0 Å². The summed E-state index contributed by atoms with van der Waals surface area (Å²) in [4.78, 5) is 0. The van der Waals surface area contributed by atoms with Crippen LogP contribution in [0.3, 0.4) is 0 Å². The average Bonchev–Trinajstić information content (AvgIpc) is 2.87. The average molecular weight is 327 g/mol. The smallest absolute Gasteiger partial charge is 0.106 e. The van der Waals surface area contributed by atoms with Crippen LogP contribution in [0.15, 0.2) is 21.2 Å². The quantitative estimate of drug-likeness (QED) is 0.654. The zero-order chi connectivity index (χ0) is 14.0. The van der Waals surface area contributed by atoms with Crippen molar-refractivity contribution >= 4 is 15.9 Å². The third-order valence-corrected chi connectivity index (χ3v) is 3.71. The van der Waals surface area contributed by atoms with Gasteiger partial charge in [-0.1, -0.05) is 6.92 Å². The van der Waals surface area contributed by atoms with Gasteiger partial charge in [0.05, 0.1) is 22.4 Å². The molecular weight excluding hydrogens is 308 g/mol. The number of aryl methyl sites for hydroxylation is 3. The maximum Gasteiger partial charge on any atom is 0.106 e. The first kappa shape index (κ1) is 14.3. The van der Waals surface area contributed by atoms with Crippen molar-refractivity contribution in [2.24, 2.45) is 5.84 Å². The van der Waals surface area contributed by atoms with Gasteiger partial charge in [0.1, 0.15) is 11.5 Å². The Bertz CT molecular complexity index is 561. The van der Waals surface area contributed by atoms with Crippen molar-refractivity contribution in [2.45, 2.75) is 39.8 Å². The third kappa shape index (κ3) is 2.75. The van der Waals surface area contributed by atoms with Gasteiger partial charge < -0.3 is 4.42 Å². The normalized spacial score (nSPS) is 12.9. The Kier molecular flexibility index (Phi) is 4.44. The van der Waals surface area contributed by atoms with Crippen LogP contribution < -0.4 is 11.3 Å². The van der Waals surface area contributed by atoms with Crippen molar-refractivity contribution in [2.75, 3.05) is 0 Å². The summed E-state index contributed by atoms with van der Waals surface area (Å²) >= 11 is 3.55. The highest BCUT2D eigenvalue weighted by atomic mass is 79.9. The SMILES string of the molecule is CCCn1ncc(Br)c1C(NN)c1cc(C)oc1C. The minimum Gasteiger partial charge on any atom is -0.466 e. The van der Waals surface area contributed by atoms with Gasteiger partial charge in [-0.05, 0) is 42.3 Å². The predicted molar refractivity (Wildman–Crippen MR) is 77.6 cm³/mol. The molecule has 0 fully saturated rings. The van der Waals surface area contributed by atoms with E-state index in [0.717, 1.165) is 40.2 Å². The van der Waals surface area contributed by atoms with Crippen LogP contribution in [0, 0.1) is 13.8 Å². The Morgan fingerprint density at radius 1 is 1.53 bits per heavy atom. The molecule has 2 aromatic heterocycles. The van der Waals surface area contributed by atoms with Gasteiger partial charge in [0, 0.05) is 12.1 Å². The maximum atomic E-state index is 5.75. The molecule has 2 aromatic rings. The van der Waals surface area contributed by atoms with Crippen LogP contribution in [0.1, 0.15) is 42.2 Å². The minimum absolute atomic E-state index is 0.138. The molecule has 3 N–H and O–H groups in total. The lowest BCUT2D eigenvalue weighted by Gasteiger charge is -2.18. The fraction of sp³-hybridized carbons (Fsp3) is 0.462. The van der Waals surface area contributed by atoms with E-state index in [-0.39, 0.29) is 6.04 Å². The molecule has 1 atom stereocenters. The lowest BCUT2D eigenvalue weighted by Crippen LogP contribution is -2.31. The van der Waals surface area contributed by atoms with Gasteiger partial charge in [-0.15, -0.1) is 0 Å². The van der Waals surface area contributed by atoms with Crippen molar-refractivity contribution in [1.82, 2.24) is 15.2 Å². The lowest BCUT2D eigenvalue weighted by molar-refractivity contribution is 0.484.